The maximum atomic E-state index is 12.0. The molecule has 0 spiro atoms. The van der Waals surface area contributed by atoms with Gasteiger partial charge in [-0.3, -0.25) is 4.79 Å². The number of hydrogen-bond acceptors (Lipinski definition) is 4. The van der Waals surface area contributed by atoms with Gasteiger partial charge in [-0.05, 0) is 30.9 Å². The molecule has 1 aromatic carbocycles. The SMILES string of the molecule is CC1=CSC2=NC(C)=C(C(N)=O)[C@H](c3cccc(Cl)c3Cl)N12. The fourth-order valence-corrected chi connectivity index (χ4v) is 4.02. The smallest absolute Gasteiger partial charge is 0.248 e. The number of carbonyl (C=O) groups excluding carboxylic acids is 1. The van der Waals surface area contributed by atoms with Gasteiger partial charge in [-0.2, -0.15) is 0 Å². The second-order valence-electron chi connectivity index (χ2n) is 5.05. The van der Waals surface area contributed by atoms with Crippen molar-refractivity contribution in [2.45, 2.75) is 19.9 Å². The molecule has 3 rings (SSSR count). The highest BCUT2D eigenvalue weighted by molar-refractivity contribution is 8.16. The van der Waals surface area contributed by atoms with E-state index < -0.39 is 11.9 Å². The van der Waals surface area contributed by atoms with Crippen LogP contribution in [0.1, 0.15) is 25.5 Å². The molecule has 1 aromatic rings. The fourth-order valence-electron chi connectivity index (χ4n) is 2.67. The Morgan fingerprint density at radius 3 is 2.77 bits per heavy atom. The minimum atomic E-state index is -0.508. The Kier molecular flexibility index (Phi) is 3.97. The molecule has 2 N–H and O–H groups in total. The van der Waals surface area contributed by atoms with E-state index in [0.29, 0.717) is 21.3 Å². The Hall–Kier alpha value is -1.43. The molecule has 2 aliphatic heterocycles. The Labute approximate surface area is 142 Å². The molecular weight excluding hydrogens is 341 g/mol. The topological polar surface area (TPSA) is 58.7 Å². The van der Waals surface area contributed by atoms with Crippen LogP contribution in [-0.2, 0) is 4.79 Å². The van der Waals surface area contributed by atoms with E-state index in [1.165, 1.54) is 11.8 Å². The highest BCUT2D eigenvalue weighted by Crippen LogP contribution is 2.45. The Morgan fingerprint density at radius 1 is 1.36 bits per heavy atom. The van der Waals surface area contributed by atoms with Crippen molar-refractivity contribution in [1.29, 1.82) is 0 Å². The van der Waals surface area contributed by atoms with Gasteiger partial charge in [0.2, 0.25) is 5.91 Å². The molecule has 2 heterocycles. The summed E-state index contributed by atoms with van der Waals surface area (Å²) in [4.78, 5) is 18.5. The number of amidine groups is 1. The summed E-state index contributed by atoms with van der Waals surface area (Å²) in [7, 11) is 0. The summed E-state index contributed by atoms with van der Waals surface area (Å²) in [6.45, 7) is 3.74. The average molecular weight is 354 g/mol. The average Bonchev–Trinajstić information content (AvgIpc) is 2.81. The normalized spacial score (nSPS) is 20.7. The van der Waals surface area contributed by atoms with Crippen LogP contribution in [-0.4, -0.2) is 16.0 Å². The number of hydrogen-bond donors (Lipinski definition) is 1. The maximum Gasteiger partial charge on any atom is 0.248 e. The fraction of sp³-hybridized carbons (Fsp3) is 0.200. The number of aliphatic imine (C=N–C) groups is 1. The van der Waals surface area contributed by atoms with Crippen molar-refractivity contribution in [3.8, 4) is 0 Å². The van der Waals surface area contributed by atoms with Gasteiger partial charge >= 0.3 is 0 Å². The van der Waals surface area contributed by atoms with E-state index in [2.05, 4.69) is 4.99 Å². The van der Waals surface area contributed by atoms with Crippen molar-refractivity contribution in [2.75, 3.05) is 0 Å². The van der Waals surface area contributed by atoms with Crippen LogP contribution in [0.2, 0.25) is 10.0 Å². The number of benzene rings is 1. The third-order valence-electron chi connectivity index (χ3n) is 3.65. The third-order valence-corrected chi connectivity index (χ3v) is 5.44. The molecule has 1 atom stereocenters. The van der Waals surface area contributed by atoms with Crippen LogP contribution in [0.15, 0.2) is 45.6 Å². The number of nitrogens with two attached hydrogens (primary N) is 1. The lowest BCUT2D eigenvalue weighted by atomic mass is 9.93. The van der Waals surface area contributed by atoms with Crippen LogP contribution >= 0.6 is 35.0 Å². The molecule has 0 saturated carbocycles. The van der Waals surface area contributed by atoms with E-state index in [-0.39, 0.29) is 0 Å². The molecule has 0 saturated heterocycles. The number of nitrogens with zero attached hydrogens (tertiary/aromatic N) is 2. The first kappa shape index (κ1) is 15.5. The van der Waals surface area contributed by atoms with Gasteiger partial charge in [-0.25, -0.2) is 4.99 Å². The van der Waals surface area contributed by atoms with E-state index in [1.54, 1.807) is 13.0 Å². The van der Waals surface area contributed by atoms with Gasteiger partial charge in [0.1, 0.15) is 0 Å². The predicted molar refractivity (Wildman–Crippen MR) is 91.7 cm³/mol. The summed E-state index contributed by atoms with van der Waals surface area (Å²) in [5.41, 5.74) is 8.37. The van der Waals surface area contributed by atoms with Crippen LogP contribution in [0.4, 0.5) is 0 Å². The first-order valence-corrected chi connectivity index (χ1v) is 8.21. The largest absolute Gasteiger partial charge is 0.366 e. The minimum Gasteiger partial charge on any atom is -0.366 e. The Morgan fingerprint density at radius 2 is 2.09 bits per heavy atom. The minimum absolute atomic E-state index is 0.414. The van der Waals surface area contributed by atoms with Gasteiger partial charge in [0, 0.05) is 5.70 Å². The number of primary amides is 1. The molecule has 2 aliphatic rings. The van der Waals surface area contributed by atoms with Gasteiger partial charge < -0.3 is 10.6 Å². The summed E-state index contributed by atoms with van der Waals surface area (Å²) in [5, 5.41) is 3.66. The highest BCUT2D eigenvalue weighted by atomic mass is 35.5. The van der Waals surface area contributed by atoms with Crippen molar-refractivity contribution >= 4 is 46.0 Å². The summed E-state index contributed by atoms with van der Waals surface area (Å²) in [5.74, 6) is -0.508. The molecular formula is C15H13Cl2N3OS. The van der Waals surface area contributed by atoms with Gasteiger partial charge in [0.05, 0.1) is 27.4 Å². The predicted octanol–water partition coefficient (Wildman–Crippen LogP) is 4.07. The van der Waals surface area contributed by atoms with Crippen molar-refractivity contribution in [2.24, 2.45) is 10.7 Å². The third kappa shape index (κ3) is 2.33. The molecule has 0 aromatic heterocycles. The maximum absolute atomic E-state index is 12.0. The molecule has 0 radical (unpaired) electrons. The van der Waals surface area contributed by atoms with Crippen LogP contribution in [0.5, 0.6) is 0 Å². The lowest BCUT2D eigenvalue weighted by Gasteiger charge is -2.35. The number of allylic oxidation sites excluding steroid dienone is 2. The van der Waals surface area contributed by atoms with Crippen LogP contribution in [0, 0.1) is 0 Å². The molecule has 0 aliphatic carbocycles. The van der Waals surface area contributed by atoms with Gasteiger partial charge in [-0.1, -0.05) is 47.1 Å². The Bertz CT molecular complexity index is 770. The van der Waals surface area contributed by atoms with Crippen molar-refractivity contribution < 1.29 is 4.79 Å². The lowest BCUT2D eigenvalue weighted by molar-refractivity contribution is -0.115. The van der Waals surface area contributed by atoms with Crippen molar-refractivity contribution in [3.63, 3.8) is 0 Å². The summed E-state index contributed by atoms with van der Waals surface area (Å²) < 4.78 is 0. The van der Waals surface area contributed by atoms with Gasteiger partial charge in [-0.15, -0.1) is 0 Å². The summed E-state index contributed by atoms with van der Waals surface area (Å²) in [6.07, 6.45) is 0. The van der Waals surface area contributed by atoms with E-state index in [4.69, 9.17) is 28.9 Å². The molecule has 0 fully saturated rings. The van der Waals surface area contributed by atoms with E-state index in [9.17, 15) is 4.79 Å². The molecule has 114 valence electrons. The summed E-state index contributed by atoms with van der Waals surface area (Å²) >= 11 is 14.0. The number of fused-ring (bicyclic) bond motifs is 1. The van der Waals surface area contributed by atoms with E-state index in [1.807, 2.05) is 29.4 Å². The molecule has 1 amide bonds. The van der Waals surface area contributed by atoms with Crippen LogP contribution < -0.4 is 5.73 Å². The van der Waals surface area contributed by atoms with Crippen molar-refractivity contribution in [3.05, 3.63) is 56.2 Å². The second-order valence-corrected chi connectivity index (χ2v) is 6.67. The zero-order valence-electron chi connectivity index (χ0n) is 11.9. The molecule has 0 unspecified atom stereocenters. The van der Waals surface area contributed by atoms with E-state index >= 15 is 0 Å². The number of halogens is 2. The summed E-state index contributed by atoms with van der Waals surface area (Å²) in [6, 6.07) is 4.97. The standard InChI is InChI=1S/C15H13Cl2N3OS/c1-7-6-22-15-19-8(2)11(14(18)21)13(20(7)15)9-4-3-5-10(16)12(9)17/h3-6,13H,1-2H3,(H2,18,21)/t13-/m0/s1. The first-order chi connectivity index (χ1) is 10.4. The van der Waals surface area contributed by atoms with Crippen LogP contribution in [0.25, 0.3) is 0 Å². The molecule has 4 nitrogen and oxygen atoms in total. The number of rotatable bonds is 2. The zero-order chi connectivity index (χ0) is 16.0. The molecule has 7 heteroatoms. The molecule has 0 bridgehead atoms. The monoisotopic (exact) mass is 353 g/mol. The van der Waals surface area contributed by atoms with Crippen molar-refractivity contribution in [1.82, 2.24) is 4.90 Å². The van der Waals surface area contributed by atoms with Crippen LogP contribution in [0.3, 0.4) is 0 Å². The first-order valence-electron chi connectivity index (χ1n) is 6.57. The highest BCUT2D eigenvalue weighted by Gasteiger charge is 2.39. The number of thioether (sulfide) groups is 1. The number of carbonyl (C=O) groups is 1. The zero-order valence-corrected chi connectivity index (χ0v) is 14.3. The van der Waals surface area contributed by atoms with E-state index in [0.717, 1.165) is 16.4 Å². The van der Waals surface area contributed by atoms with Gasteiger partial charge in [0.25, 0.3) is 0 Å². The Balaban J connectivity index is 2.25. The second kappa shape index (κ2) is 5.65. The quantitative estimate of drug-likeness (QED) is 0.871. The van der Waals surface area contributed by atoms with Gasteiger partial charge in [0.15, 0.2) is 5.17 Å². The number of amides is 1. The molecule has 22 heavy (non-hydrogen) atoms. The lowest BCUT2D eigenvalue weighted by Crippen LogP contribution is -2.37.